The smallest absolute Gasteiger partial charge is 0.423 e. The lowest BCUT2D eigenvalue weighted by Gasteiger charge is -2.08. The van der Waals surface area contributed by atoms with Crippen molar-refractivity contribution in [2.24, 2.45) is 0 Å². The van der Waals surface area contributed by atoms with Gasteiger partial charge in [-0.2, -0.15) is 0 Å². The Morgan fingerprint density at radius 3 is 2.31 bits per heavy atom. The fourth-order valence-corrected chi connectivity index (χ4v) is 1.23. The van der Waals surface area contributed by atoms with Crippen LogP contribution in [0.15, 0.2) is 18.2 Å². The highest BCUT2D eigenvalue weighted by Crippen LogP contribution is 2.28. The van der Waals surface area contributed by atoms with Gasteiger partial charge in [-0.1, -0.05) is 29.3 Å². The molecule has 0 heterocycles. The Labute approximate surface area is 84.4 Å². The normalized spacial score (nSPS) is 9.38. The maximum absolute atomic E-state index is 10.1. The Morgan fingerprint density at radius 1 is 1.31 bits per heavy atom. The number of rotatable bonds is 2. The van der Waals surface area contributed by atoms with Gasteiger partial charge in [0.1, 0.15) is 0 Å². The Morgan fingerprint density at radius 2 is 1.85 bits per heavy atom. The number of hydrogen-bond acceptors (Lipinski definition) is 2. The Balaban J connectivity index is 2.81. The first kappa shape index (κ1) is 9.95. The molecule has 0 bridgehead atoms. The molecule has 0 aliphatic heterocycles. The third kappa shape index (κ3) is 2.68. The van der Waals surface area contributed by atoms with E-state index < -0.39 is 6.09 Å². The summed E-state index contributed by atoms with van der Waals surface area (Å²) < 4.78 is 0. The standard InChI is InChI=1S/C7H6Cl2N2O2/c8-4-2-1-3-5(9)6(4)10-11-7(12)13/h1-3,10-11H,(H,12,13). The van der Waals surface area contributed by atoms with Crippen LogP contribution in [-0.4, -0.2) is 11.2 Å². The van der Waals surface area contributed by atoms with E-state index in [-0.39, 0.29) is 0 Å². The molecule has 4 nitrogen and oxygen atoms in total. The lowest BCUT2D eigenvalue weighted by Crippen LogP contribution is -2.27. The molecule has 1 aromatic rings. The molecule has 0 aliphatic carbocycles. The molecule has 0 fully saturated rings. The van der Waals surface area contributed by atoms with Crippen LogP contribution >= 0.6 is 23.2 Å². The van der Waals surface area contributed by atoms with Gasteiger partial charge in [0.2, 0.25) is 0 Å². The van der Waals surface area contributed by atoms with Crippen LogP contribution in [-0.2, 0) is 0 Å². The van der Waals surface area contributed by atoms with Crippen LogP contribution in [0.4, 0.5) is 10.5 Å². The maximum atomic E-state index is 10.1. The second-order valence-electron chi connectivity index (χ2n) is 2.15. The van der Waals surface area contributed by atoms with Gasteiger partial charge < -0.3 is 5.11 Å². The van der Waals surface area contributed by atoms with Gasteiger partial charge in [0.05, 0.1) is 15.7 Å². The quantitative estimate of drug-likeness (QED) is 0.672. The highest BCUT2D eigenvalue weighted by atomic mass is 35.5. The van der Waals surface area contributed by atoms with Crippen molar-refractivity contribution in [1.82, 2.24) is 5.43 Å². The molecule has 70 valence electrons. The number of hydrazine groups is 1. The third-order valence-electron chi connectivity index (χ3n) is 1.26. The van der Waals surface area contributed by atoms with Crippen LogP contribution in [0.2, 0.25) is 10.0 Å². The summed E-state index contributed by atoms with van der Waals surface area (Å²) in [6.07, 6.45) is -1.21. The van der Waals surface area contributed by atoms with Crippen LogP contribution in [0.25, 0.3) is 0 Å². The minimum absolute atomic E-state index is 0.341. The van der Waals surface area contributed by atoms with Crippen LogP contribution < -0.4 is 10.9 Å². The van der Waals surface area contributed by atoms with Crippen LogP contribution in [0, 0.1) is 0 Å². The van der Waals surface area contributed by atoms with Crippen molar-refractivity contribution in [2.45, 2.75) is 0 Å². The van der Waals surface area contributed by atoms with Gasteiger partial charge in [-0.3, -0.25) is 5.43 Å². The van der Waals surface area contributed by atoms with E-state index in [1.165, 1.54) is 0 Å². The molecule has 0 aromatic heterocycles. The number of carbonyl (C=O) groups is 1. The van der Waals surface area contributed by atoms with Crippen molar-refractivity contribution in [3.8, 4) is 0 Å². The summed E-state index contributed by atoms with van der Waals surface area (Å²) in [7, 11) is 0. The van der Waals surface area contributed by atoms with E-state index in [1.807, 2.05) is 5.43 Å². The van der Waals surface area contributed by atoms with E-state index in [9.17, 15) is 4.79 Å². The van der Waals surface area contributed by atoms with E-state index in [0.717, 1.165) is 0 Å². The lowest BCUT2D eigenvalue weighted by atomic mass is 10.3. The Kier molecular flexibility index (Phi) is 3.22. The molecule has 0 radical (unpaired) electrons. The average molecular weight is 221 g/mol. The molecule has 0 atom stereocenters. The Bertz CT molecular complexity index is 310. The van der Waals surface area contributed by atoms with Crippen LogP contribution in [0.5, 0.6) is 0 Å². The number of para-hydroxylation sites is 1. The SMILES string of the molecule is O=C(O)NNc1c(Cl)cccc1Cl. The molecule has 0 unspecified atom stereocenters. The monoisotopic (exact) mass is 220 g/mol. The van der Waals surface area contributed by atoms with E-state index in [0.29, 0.717) is 15.7 Å². The molecule has 1 amide bonds. The molecular weight excluding hydrogens is 215 g/mol. The molecule has 1 aromatic carbocycles. The van der Waals surface area contributed by atoms with Gasteiger partial charge in [0.25, 0.3) is 0 Å². The summed E-state index contributed by atoms with van der Waals surface area (Å²) in [6, 6.07) is 4.86. The predicted octanol–water partition coefficient (Wildman–Crippen LogP) is 2.59. The van der Waals surface area contributed by atoms with Gasteiger partial charge >= 0.3 is 6.09 Å². The zero-order valence-electron chi connectivity index (χ0n) is 6.34. The highest BCUT2D eigenvalue weighted by Gasteiger charge is 2.04. The summed E-state index contributed by atoms with van der Waals surface area (Å²) in [4.78, 5) is 10.1. The van der Waals surface area contributed by atoms with Crippen molar-refractivity contribution >= 4 is 35.0 Å². The second-order valence-corrected chi connectivity index (χ2v) is 2.97. The molecule has 13 heavy (non-hydrogen) atoms. The van der Waals surface area contributed by atoms with E-state index in [1.54, 1.807) is 18.2 Å². The topological polar surface area (TPSA) is 61.4 Å². The molecule has 1 rings (SSSR count). The minimum atomic E-state index is -1.21. The van der Waals surface area contributed by atoms with Crippen LogP contribution in [0.3, 0.4) is 0 Å². The van der Waals surface area contributed by atoms with Crippen molar-refractivity contribution in [2.75, 3.05) is 5.43 Å². The van der Waals surface area contributed by atoms with Gasteiger partial charge in [0.15, 0.2) is 0 Å². The molecule has 0 saturated carbocycles. The molecule has 0 spiro atoms. The number of halogens is 2. The summed E-state index contributed by atoms with van der Waals surface area (Å²) in [5.74, 6) is 0. The van der Waals surface area contributed by atoms with Crippen molar-refractivity contribution in [3.05, 3.63) is 28.2 Å². The minimum Gasteiger partial charge on any atom is -0.464 e. The van der Waals surface area contributed by atoms with Gasteiger partial charge in [-0.25, -0.2) is 10.2 Å². The van der Waals surface area contributed by atoms with Crippen molar-refractivity contribution < 1.29 is 9.90 Å². The number of amides is 1. The first-order valence-electron chi connectivity index (χ1n) is 3.30. The number of hydrogen-bond donors (Lipinski definition) is 3. The Hall–Kier alpha value is -1.13. The molecule has 0 aliphatic rings. The fourth-order valence-electron chi connectivity index (χ4n) is 0.733. The zero-order valence-corrected chi connectivity index (χ0v) is 7.86. The molecule has 0 saturated heterocycles. The second kappa shape index (κ2) is 4.20. The summed E-state index contributed by atoms with van der Waals surface area (Å²) in [5.41, 5.74) is 4.65. The number of benzene rings is 1. The number of carboxylic acid groups (broad SMARTS) is 1. The van der Waals surface area contributed by atoms with E-state index in [2.05, 4.69) is 5.43 Å². The van der Waals surface area contributed by atoms with E-state index >= 15 is 0 Å². The molecule has 6 heteroatoms. The highest BCUT2D eigenvalue weighted by molar-refractivity contribution is 6.39. The summed E-state index contributed by atoms with van der Waals surface area (Å²) in [5, 5.41) is 8.99. The van der Waals surface area contributed by atoms with Gasteiger partial charge in [-0.05, 0) is 12.1 Å². The number of nitrogens with one attached hydrogen (secondary N) is 2. The van der Waals surface area contributed by atoms with Gasteiger partial charge in [0, 0.05) is 0 Å². The third-order valence-corrected chi connectivity index (χ3v) is 1.89. The van der Waals surface area contributed by atoms with E-state index in [4.69, 9.17) is 28.3 Å². The first-order valence-corrected chi connectivity index (χ1v) is 4.06. The summed E-state index contributed by atoms with van der Waals surface area (Å²) >= 11 is 11.5. The molecular formula is C7H6Cl2N2O2. The molecule has 3 N–H and O–H groups in total. The average Bonchev–Trinajstić information content (AvgIpc) is 2.03. The van der Waals surface area contributed by atoms with Crippen LogP contribution in [0.1, 0.15) is 0 Å². The zero-order chi connectivity index (χ0) is 9.84. The summed E-state index contributed by atoms with van der Waals surface area (Å²) in [6.45, 7) is 0. The lowest BCUT2D eigenvalue weighted by molar-refractivity contribution is 0.197. The van der Waals surface area contributed by atoms with Crippen molar-refractivity contribution in [1.29, 1.82) is 0 Å². The largest absolute Gasteiger partial charge is 0.464 e. The number of anilines is 1. The van der Waals surface area contributed by atoms with Crippen molar-refractivity contribution in [3.63, 3.8) is 0 Å². The first-order chi connectivity index (χ1) is 6.11. The van der Waals surface area contributed by atoms with Gasteiger partial charge in [-0.15, -0.1) is 0 Å². The maximum Gasteiger partial charge on any atom is 0.423 e. The predicted molar refractivity (Wildman–Crippen MR) is 51.2 cm³/mol. The fraction of sp³-hybridized carbons (Fsp3) is 0.